The highest BCUT2D eigenvalue weighted by atomic mass is 16.3. The standard InChI is InChI=1S/C20H17N3O2/c24-16-5-2-13(3-6-16)1-4-15-11-14(7-9-21-15)19-12-17-18(23-19)8-10-22-20(17)25/h1-7,9,11-12,23-24H,8,10H2,(H,22,25)/b4-1+. The number of benzene rings is 1. The molecule has 0 saturated carbocycles. The van der Waals surface area contributed by atoms with Gasteiger partial charge in [0.15, 0.2) is 0 Å². The average Bonchev–Trinajstić information content (AvgIpc) is 3.07. The molecule has 1 amide bonds. The number of carbonyl (C=O) groups excluding carboxylic acids is 1. The van der Waals surface area contributed by atoms with Crippen LogP contribution in [-0.2, 0) is 6.42 Å². The molecule has 3 N–H and O–H groups in total. The van der Waals surface area contributed by atoms with Crippen LogP contribution in [0.3, 0.4) is 0 Å². The summed E-state index contributed by atoms with van der Waals surface area (Å²) < 4.78 is 0. The van der Waals surface area contributed by atoms with Crippen molar-refractivity contribution in [3.05, 3.63) is 71.2 Å². The van der Waals surface area contributed by atoms with E-state index < -0.39 is 0 Å². The van der Waals surface area contributed by atoms with Gasteiger partial charge in [0.1, 0.15) is 5.75 Å². The number of carbonyl (C=O) groups is 1. The lowest BCUT2D eigenvalue weighted by atomic mass is 10.1. The number of H-pyrrole nitrogens is 1. The van der Waals surface area contributed by atoms with Gasteiger partial charge in [-0.2, -0.15) is 0 Å². The van der Waals surface area contributed by atoms with Crippen molar-refractivity contribution in [2.45, 2.75) is 6.42 Å². The predicted molar refractivity (Wildman–Crippen MR) is 97.1 cm³/mol. The van der Waals surface area contributed by atoms with Crippen molar-refractivity contribution in [1.29, 1.82) is 0 Å². The third-order valence-electron chi connectivity index (χ3n) is 4.24. The SMILES string of the molecule is O=C1NCCc2[nH]c(-c3ccnc(/C=C/c4ccc(O)cc4)c3)cc21. The number of fused-ring (bicyclic) bond motifs is 1. The normalized spacial score (nSPS) is 13.7. The van der Waals surface area contributed by atoms with Crippen LogP contribution in [-0.4, -0.2) is 27.5 Å². The molecular formula is C20H17N3O2. The van der Waals surface area contributed by atoms with Crippen LogP contribution in [0.4, 0.5) is 0 Å². The molecule has 1 aromatic carbocycles. The lowest BCUT2D eigenvalue weighted by Gasteiger charge is -2.10. The molecule has 0 aliphatic carbocycles. The van der Waals surface area contributed by atoms with E-state index in [0.29, 0.717) is 6.54 Å². The largest absolute Gasteiger partial charge is 0.508 e. The summed E-state index contributed by atoms with van der Waals surface area (Å²) in [6.45, 7) is 0.669. The first-order valence-electron chi connectivity index (χ1n) is 8.13. The molecule has 0 fully saturated rings. The highest BCUT2D eigenvalue weighted by Gasteiger charge is 2.19. The van der Waals surface area contributed by atoms with E-state index in [-0.39, 0.29) is 11.7 Å². The van der Waals surface area contributed by atoms with Crippen LogP contribution in [0, 0.1) is 0 Å². The van der Waals surface area contributed by atoms with Crippen molar-refractivity contribution in [3.8, 4) is 17.0 Å². The number of amides is 1. The number of aromatic amines is 1. The van der Waals surface area contributed by atoms with Crippen molar-refractivity contribution in [1.82, 2.24) is 15.3 Å². The summed E-state index contributed by atoms with van der Waals surface area (Å²) in [6, 6.07) is 12.8. The van der Waals surface area contributed by atoms with Gasteiger partial charge in [0.25, 0.3) is 5.91 Å². The van der Waals surface area contributed by atoms with E-state index in [4.69, 9.17) is 0 Å². The fourth-order valence-electron chi connectivity index (χ4n) is 2.92. The Labute approximate surface area is 145 Å². The molecule has 124 valence electrons. The summed E-state index contributed by atoms with van der Waals surface area (Å²) in [5, 5.41) is 12.2. The maximum Gasteiger partial charge on any atom is 0.253 e. The molecule has 0 bridgehead atoms. The van der Waals surface area contributed by atoms with Crippen molar-refractivity contribution in [3.63, 3.8) is 0 Å². The second-order valence-electron chi connectivity index (χ2n) is 5.98. The number of hydrogen-bond donors (Lipinski definition) is 3. The fraction of sp³-hybridized carbons (Fsp3) is 0.100. The Balaban J connectivity index is 1.61. The van der Waals surface area contributed by atoms with Crippen molar-refractivity contribution >= 4 is 18.1 Å². The topological polar surface area (TPSA) is 78.0 Å². The molecule has 3 heterocycles. The van der Waals surface area contributed by atoms with E-state index in [0.717, 1.165) is 40.2 Å². The van der Waals surface area contributed by atoms with Crippen LogP contribution in [0.1, 0.15) is 27.3 Å². The summed E-state index contributed by atoms with van der Waals surface area (Å²) >= 11 is 0. The molecule has 0 radical (unpaired) electrons. The number of pyridine rings is 1. The lowest BCUT2D eigenvalue weighted by Crippen LogP contribution is -2.31. The number of aromatic hydroxyl groups is 1. The quantitative estimate of drug-likeness (QED) is 0.689. The minimum absolute atomic E-state index is 0.0229. The highest BCUT2D eigenvalue weighted by molar-refractivity contribution is 5.97. The van der Waals surface area contributed by atoms with Crippen molar-refractivity contribution < 1.29 is 9.90 Å². The fourth-order valence-corrected chi connectivity index (χ4v) is 2.92. The van der Waals surface area contributed by atoms with Crippen molar-refractivity contribution in [2.24, 2.45) is 0 Å². The van der Waals surface area contributed by atoms with E-state index in [9.17, 15) is 9.90 Å². The minimum Gasteiger partial charge on any atom is -0.508 e. The number of rotatable bonds is 3. The zero-order chi connectivity index (χ0) is 17.2. The molecule has 2 aromatic heterocycles. The first kappa shape index (κ1) is 15.2. The van der Waals surface area contributed by atoms with Crippen LogP contribution in [0.5, 0.6) is 5.75 Å². The maximum absolute atomic E-state index is 11.9. The molecule has 4 rings (SSSR count). The van der Waals surface area contributed by atoms with Gasteiger partial charge < -0.3 is 15.4 Å². The molecule has 5 nitrogen and oxygen atoms in total. The van der Waals surface area contributed by atoms with Crippen LogP contribution in [0.15, 0.2) is 48.7 Å². The van der Waals surface area contributed by atoms with Gasteiger partial charge in [-0.1, -0.05) is 18.2 Å². The zero-order valence-electron chi connectivity index (χ0n) is 13.5. The molecule has 0 unspecified atom stereocenters. The molecule has 3 aromatic rings. The number of nitrogens with zero attached hydrogens (tertiary/aromatic N) is 1. The second kappa shape index (κ2) is 6.28. The average molecular weight is 331 g/mol. The molecule has 1 aliphatic rings. The summed E-state index contributed by atoms with van der Waals surface area (Å²) in [5.41, 5.74) is 5.42. The van der Waals surface area contributed by atoms with Crippen LogP contribution in [0.2, 0.25) is 0 Å². The summed E-state index contributed by atoms with van der Waals surface area (Å²) in [7, 11) is 0. The molecule has 0 spiro atoms. The first-order valence-corrected chi connectivity index (χ1v) is 8.13. The molecule has 1 aliphatic heterocycles. The van der Waals surface area contributed by atoms with Gasteiger partial charge in [-0.05, 0) is 42.0 Å². The molecule has 0 atom stereocenters. The van der Waals surface area contributed by atoms with Crippen LogP contribution in [0.25, 0.3) is 23.4 Å². The van der Waals surface area contributed by atoms with Gasteiger partial charge in [-0.25, -0.2) is 0 Å². The Morgan fingerprint density at radius 3 is 2.72 bits per heavy atom. The highest BCUT2D eigenvalue weighted by Crippen LogP contribution is 2.24. The Bertz CT molecular complexity index is 955. The van der Waals surface area contributed by atoms with Gasteiger partial charge in [-0.15, -0.1) is 0 Å². The second-order valence-corrected chi connectivity index (χ2v) is 5.98. The number of hydrogen-bond acceptors (Lipinski definition) is 3. The number of aromatic nitrogens is 2. The van der Waals surface area contributed by atoms with E-state index >= 15 is 0 Å². The molecule has 25 heavy (non-hydrogen) atoms. The number of phenols is 1. The zero-order valence-corrected chi connectivity index (χ0v) is 13.5. The maximum atomic E-state index is 11.9. The summed E-state index contributed by atoms with van der Waals surface area (Å²) in [4.78, 5) is 19.6. The van der Waals surface area contributed by atoms with Crippen LogP contribution >= 0.6 is 0 Å². The minimum atomic E-state index is -0.0229. The number of phenolic OH excluding ortho intramolecular Hbond substituents is 1. The molecule has 0 saturated heterocycles. The monoisotopic (exact) mass is 331 g/mol. The summed E-state index contributed by atoms with van der Waals surface area (Å²) in [5.74, 6) is 0.224. The van der Waals surface area contributed by atoms with Gasteiger partial charge in [0.2, 0.25) is 0 Å². The number of nitrogens with one attached hydrogen (secondary N) is 2. The summed E-state index contributed by atoms with van der Waals surface area (Å²) in [6.07, 6.45) is 6.44. The van der Waals surface area contributed by atoms with Crippen LogP contribution < -0.4 is 5.32 Å². The van der Waals surface area contributed by atoms with E-state index in [2.05, 4.69) is 15.3 Å². The molecule has 5 heteroatoms. The Morgan fingerprint density at radius 2 is 1.92 bits per heavy atom. The van der Waals surface area contributed by atoms with E-state index in [1.165, 1.54) is 0 Å². The lowest BCUT2D eigenvalue weighted by molar-refractivity contribution is 0.0946. The van der Waals surface area contributed by atoms with Crippen molar-refractivity contribution in [2.75, 3.05) is 6.54 Å². The van der Waals surface area contributed by atoms with E-state index in [1.807, 2.05) is 42.5 Å². The Morgan fingerprint density at radius 1 is 1.08 bits per heavy atom. The third kappa shape index (κ3) is 3.17. The smallest absolute Gasteiger partial charge is 0.253 e. The van der Waals surface area contributed by atoms with E-state index in [1.54, 1.807) is 18.3 Å². The Hall–Kier alpha value is -3.34. The Kier molecular flexibility index (Phi) is 3.82. The first-order chi connectivity index (χ1) is 12.2. The third-order valence-corrected chi connectivity index (χ3v) is 4.24. The van der Waals surface area contributed by atoms with Gasteiger partial charge in [0, 0.05) is 36.1 Å². The molecular weight excluding hydrogens is 314 g/mol. The van der Waals surface area contributed by atoms with Gasteiger partial charge in [-0.3, -0.25) is 9.78 Å². The van der Waals surface area contributed by atoms with Gasteiger partial charge >= 0.3 is 0 Å². The predicted octanol–water partition coefficient (Wildman–Crippen LogP) is 3.24. The van der Waals surface area contributed by atoms with Gasteiger partial charge in [0.05, 0.1) is 11.3 Å².